The second kappa shape index (κ2) is 9.35. The number of rotatable bonds is 4. The molecule has 5 nitrogen and oxygen atoms in total. The summed E-state index contributed by atoms with van der Waals surface area (Å²) in [6.07, 6.45) is 1.61. The van der Waals surface area contributed by atoms with E-state index >= 15 is 0 Å². The number of pyridine rings is 1. The van der Waals surface area contributed by atoms with Crippen LogP contribution >= 0.6 is 11.6 Å². The average Bonchev–Trinajstić information content (AvgIpc) is 2.85. The van der Waals surface area contributed by atoms with Crippen LogP contribution in [0.5, 0.6) is 0 Å². The molecule has 5 rings (SSSR count). The molecule has 172 valence electrons. The van der Waals surface area contributed by atoms with Crippen LogP contribution in [-0.4, -0.2) is 24.0 Å². The number of halogens is 1. The van der Waals surface area contributed by atoms with E-state index in [4.69, 9.17) is 11.6 Å². The average molecular weight is 472 g/mol. The first kappa shape index (κ1) is 22.2. The van der Waals surface area contributed by atoms with Crippen molar-refractivity contribution in [2.75, 3.05) is 23.3 Å². The van der Waals surface area contributed by atoms with Crippen LogP contribution in [0.3, 0.4) is 0 Å². The van der Waals surface area contributed by atoms with Gasteiger partial charge in [-0.2, -0.15) is 0 Å². The van der Waals surface area contributed by atoms with Crippen molar-refractivity contribution in [2.45, 2.75) is 19.8 Å². The highest BCUT2D eigenvalue weighted by molar-refractivity contribution is 6.31. The zero-order valence-corrected chi connectivity index (χ0v) is 19.7. The number of H-pyrrole nitrogens is 1. The van der Waals surface area contributed by atoms with E-state index in [-0.39, 0.29) is 17.4 Å². The van der Waals surface area contributed by atoms with Gasteiger partial charge in [0.2, 0.25) is 5.91 Å². The minimum absolute atomic E-state index is 0.0134. The summed E-state index contributed by atoms with van der Waals surface area (Å²) < 4.78 is 0. The Morgan fingerprint density at radius 2 is 1.82 bits per heavy atom. The van der Waals surface area contributed by atoms with E-state index in [1.54, 1.807) is 6.07 Å². The summed E-state index contributed by atoms with van der Waals surface area (Å²) in [4.78, 5) is 31.6. The molecule has 1 amide bonds. The molecule has 0 bridgehead atoms. The molecule has 6 heteroatoms. The number of aryl methyl sites for hydroxylation is 1. The molecule has 1 unspecified atom stereocenters. The third kappa shape index (κ3) is 4.31. The third-order valence-electron chi connectivity index (χ3n) is 6.52. The molecule has 1 aromatic heterocycles. The van der Waals surface area contributed by atoms with E-state index in [0.717, 1.165) is 46.1 Å². The van der Waals surface area contributed by atoms with Crippen LogP contribution in [-0.2, 0) is 4.79 Å². The van der Waals surface area contributed by atoms with Crippen molar-refractivity contribution >= 4 is 39.8 Å². The van der Waals surface area contributed by atoms with Gasteiger partial charge in [-0.3, -0.25) is 9.59 Å². The van der Waals surface area contributed by atoms with Crippen LogP contribution in [0.25, 0.3) is 22.0 Å². The topological polar surface area (TPSA) is 65.2 Å². The van der Waals surface area contributed by atoms with Crippen LogP contribution < -0.4 is 15.8 Å². The van der Waals surface area contributed by atoms with Gasteiger partial charge >= 0.3 is 0 Å². The number of nitrogens with one attached hydrogen (secondary N) is 2. The first-order valence-electron chi connectivity index (χ1n) is 11.5. The van der Waals surface area contributed by atoms with E-state index in [1.165, 1.54) is 0 Å². The van der Waals surface area contributed by atoms with E-state index in [0.29, 0.717) is 23.8 Å². The molecule has 2 heterocycles. The number of benzene rings is 3. The lowest BCUT2D eigenvalue weighted by molar-refractivity contribution is -0.120. The summed E-state index contributed by atoms with van der Waals surface area (Å²) in [5.41, 5.74) is 4.82. The van der Waals surface area contributed by atoms with Gasteiger partial charge in [-0.05, 0) is 55.2 Å². The number of hydrogen-bond acceptors (Lipinski definition) is 3. The fourth-order valence-electron chi connectivity index (χ4n) is 4.80. The smallest absolute Gasteiger partial charge is 0.272 e. The van der Waals surface area contributed by atoms with Crippen molar-refractivity contribution in [1.29, 1.82) is 0 Å². The predicted molar refractivity (Wildman–Crippen MR) is 140 cm³/mol. The van der Waals surface area contributed by atoms with Gasteiger partial charge in [-0.15, -0.1) is 0 Å². The van der Waals surface area contributed by atoms with Crippen molar-refractivity contribution < 1.29 is 4.79 Å². The van der Waals surface area contributed by atoms with Crippen molar-refractivity contribution in [3.63, 3.8) is 0 Å². The fraction of sp³-hybridized carbons (Fsp3) is 0.214. The number of aromatic amines is 1. The molecular weight excluding hydrogens is 446 g/mol. The monoisotopic (exact) mass is 471 g/mol. The molecule has 3 aromatic carbocycles. The number of hydrogen-bond donors (Lipinski definition) is 2. The molecule has 1 aliphatic rings. The molecular formula is C28H26ClN3O2. The number of fused-ring (bicyclic) bond motifs is 1. The molecule has 1 atom stereocenters. The van der Waals surface area contributed by atoms with Gasteiger partial charge in [0.1, 0.15) is 5.69 Å². The van der Waals surface area contributed by atoms with Crippen LogP contribution in [0.15, 0.2) is 77.6 Å². The lowest BCUT2D eigenvalue weighted by Gasteiger charge is -2.34. The Bertz CT molecular complexity index is 1410. The second-order valence-electron chi connectivity index (χ2n) is 8.82. The lowest BCUT2D eigenvalue weighted by Crippen LogP contribution is -2.43. The summed E-state index contributed by atoms with van der Waals surface area (Å²) in [7, 11) is 0. The highest BCUT2D eigenvalue weighted by atomic mass is 35.5. The fourth-order valence-corrected chi connectivity index (χ4v) is 4.97. The number of anilines is 2. The first-order chi connectivity index (χ1) is 16.5. The third-order valence-corrected chi connectivity index (χ3v) is 6.76. The molecule has 0 radical (unpaired) electrons. The highest BCUT2D eigenvalue weighted by Gasteiger charge is 2.29. The maximum absolute atomic E-state index is 13.4. The van der Waals surface area contributed by atoms with E-state index in [2.05, 4.69) is 15.2 Å². The van der Waals surface area contributed by atoms with E-state index < -0.39 is 0 Å². The van der Waals surface area contributed by atoms with Crippen LogP contribution in [0.2, 0.25) is 5.02 Å². The SMILES string of the molecule is Cc1ccccc1NC(=O)C1CCCN(c2c(-c3ccccc3)c3cc(Cl)ccc3[nH]c2=O)C1. The van der Waals surface area contributed by atoms with Crippen LogP contribution in [0, 0.1) is 12.8 Å². The van der Waals surface area contributed by atoms with Gasteiger partial charge in [-0.1, -0.05) is 60.1 Å². The normalized spacial score (nSPS) is 15.9. The molecule has 2 N–H and O–H groups in total. The summed E-state index contributed by atoms with van der Waals surface area (Å²) in [5.74, 6) is -0.230. The highest BCUT2D eigenvalue weighted by Crippen LogP contribution is 2.37. The molecule has 0 saturated carbocycles. The Kier molecular flexibility index (Phi) is 6.12. The lowest BCUT2D eigenvalue weighted by atomic mass is 9.93. The second-order valence-corrected chi connectivity index (χ2v) is 9.26. The Morgan fingerprint density at radius 3 is 2.62 bits per heavy atom. The molecule has 0 aliphatic carbocycles. The zero-order valence-electron chi connectivity index (χ0n) is 19.0. The Hall–Kier alpha value is -3.57. The van der Waals surface area contributed by atoms with Crippen LogP contribution in [0.1, 0.15) is 18.4 Å². The van der Waals surface area contributed by atoms with E-state index in [1.807, 2.05) is 73.7 Å². The number of aromatic nitrogens is 1. The first-order valence-corrected chi connectivity index (χ1v) is 11.9. The molecule has 1 saturated heterocycles. The maximum atomic E-state index is 13.4. The van der Waals surface area contributed by atoms with Gasteiger partial charge in [0.15, 0.2) is 0 Å². The van der Waals surface area contributed by atoms with Gasteiger partial charge in [0.25, 0.3) is 5.56 Å². The summed E-state index contributed by atoms with van der Waals surface area (Å²) in [5, 5.41) is 4.58. The largest absolute Gasteiger partial charge is 0.366 e. The van der Waals surface area contributed by atoms with Crippen molar-refractivity contribution in [3.8, 4) is 11.1 Å². The van der Waals surface area contributed by atoms with Gasteiger partial charge < -0.3 is 15.2 Å². The quantitative estimate of drug-likeness (QED) is 0.383. The molecule has 1 fully saturated rings. The Labute approximate surface area is 203 Å². The molecule has 4 aromatic rings. The number of nitrogens with zero attached hydrogens (tertiary/aromatic N) is 1. The maximum Gasteiger partial charge on any atom is 0.272 e. The summed E-state index contributed by atoms with van der Waals surface area (Å²) in [6, 6.07) is 23.2. The number of para-hydroxylation sites is 1. The minimum Gasteiger partial charge on any atom is -0.366 e. The number of carbonyl (C=O) groups is 1. The molecule has 34 heavy (non-hydrogen) atoms. The number of amides is 1. The standard InChI is InChI=1S/C28H26ClN3O2/c1-18-8-5-6-12-23(18)30-27(33)20-11-7-15-32(17-20)26-25(19-9-3-2-4-10-19)22-16-21(29)13-14-24(22)31-28(26)34/h2-6,8-10,12-14,16,20H,7,11,15,17H2,1H3,(H,30,33)(H,31,34). The molecule has 0 spiro atoms. The van der Waals surface area contributed by atoms with Crippen molar-refractivity contribution in [3.05, 3.63) is 93.7 Å². The van der Waals surface area contributed by atoms with Crippen LogP contribution in [0.4, 0.5) is 11.4 Å². The Morgan fingerprint density at radius 1 is 1.06 bits per heavy atom. The van der Waals surface area contributed by atoms with Gasteiger partial charge in [0.05, 0.1) is 5.92 Å². The van der Waals surface area contributed by atoms with Crippen molar-refractivity contribution in [2.24, 2.45) is 5.92 Å². The number of piperidine rings is 1. The molecule has 1 aliphatic heterocycles. The summed E-state index contributed by atoms with van der Waals surface area (Å²) >= 11 is 6.35. The van der Waals surface area contributed by atoms with Gasteiger partial charge in [-0.25, -0.2) is 0 Å². The predicted octanol–water partition coefficient (Wildman–Crippen LogP) is 6.01. The van der Waals surface area contributed by atoms with Gasteiger partial charge in [0, 0.05) is 40.3 Å². The van der Waals surface area contributed by atoms with E-state index in [9.17, 15) is 9.59 Å². The minimum atomic E-state index is -0.216. The Balaban J connectivity index is 1.55. The zero-order chi connectivity index (χ0) is 23.7. The number of carbonyl (C=O) groups excluding carboxylic acids is 1. The van der Waals surface area contributed by atoms with Crippen molar-refractivity contribution in [1.82, 2.24) is 4.98 Å². The summed E-state index contributed by atoms with van der Waals surface area (Å²) in [6.45, 7) is 3.17.